The SMILES string of the molecule is CN(C)c1cc(C(F)(F)F)nc(N2CC(C)(C)OC3(CCCC3)C2)n1. The van der Waals surface area contributed by atoms with Gasteiger partial charge in [0.1, 0.15) is 5.82 Å². The predicted octanol–water partition coefficient (Wildman–Crippen LogP) is 3.49. The third kappa shape index (κ3) is 3.83. The van der Waals surface area contributed by atoms with Crippen LogP contribution in [0.5, 0.6) is 0 Å². The Morgan fingerprint density at radius 2 is 1.76 bits per heavy atom. The molecule has 8 heteroatoms. The van der Waals surface area contributed by atoms with E-state index in [1.54, 1.807) is 19.0 Å². The quantitative estimate of drug-likeness (QED) is 0.810. The third-order valence-electron chi connectivity index (χ3n) is 4.79. The lowest BCUT2D eigenvalue weighted by Gasteiger charge is -2.48. The summed E-state index contributed by atoms with van der Waals surface area (Å²) >= 11 is 0. The maximum absolute atomic E-state index is 13.3. The molecule has 140 valence electrons. The normalized spacial score (nSPS) is 22.4. The van der Waals surface area contributed by atoms with Gasteiger partial charge in [-0.25, -0.2) is 4.98 Å². The van der Waals surface area contributed by atoms with Crippen molar-refractivity contribution < 1.29 is 17.9 Å². The Morgan fingerprint density at radius 1 is 1.12 bits per heavy atom. The number of ether oxygens (including phenoxy) is 1. The van der Waals surface area contributed by atoms with E-state index in [2.05, 4.69) is 9.97 Å². The average molecular weight is 358 g/mol. The highest BCUT2D eigenvalue weighted by Crippen LogP contribution is 2.42. The van der Waals surface area contributed by atoms with Gasteiger partial charge in [0, 0.05) is 26.7 Å². The van der Waals surface area contributed by atoms with Crippen molar-refractivity contribution in [1.82, 2.24) is 9.97 Å². The zero-order valence-corrected chi connectivity index (χ0v) is 15.2. The number of morpholine rings is 1. The summed E-state index contributed by atoms with van der Waals surface area (Å²) in [7, 11) is 3.35. The first-order chi connectivity index (χ1) is 11.5. The topological polar surface area (TPSA) is 41.5 Å². The lowest BCUT2D eigenvalue weighted by molar-refractivity contribution is -0.149. The van der Waals surface area contributed by atoms with Gasteiger partial charge in [0.2, 0.25) is 5.95 Å². The van der Waals surface area contributed by atoms with Crippen LogP contribution in [-0.4, -0.2) is 48.4 Å². The van der Waals surface area contributed by atoms with Crippen LogP contribution in [0.25, 0.3) is 0 Å². The van der Waals surface area contributed by atoms with Gasteiger partial charge in [-0.2, -0.15) is 18.2 Å². The van der Waals surface area contributed by atoms with Gasteiger partial charge in [-0.05, 0) is 26.7 Å². The highest BCUT2D eigenvalue weighted by molar-refractivity contribution is 5.46. The average Bonchev–Trinajstić information content (AvgIpc) is 2.91. The largest absolute Gasteiger partial charge is 0.433 e. The van der Waals surface area contributed by atoms with E-state index < -0.39 is 17.5 Å². The van der Waals surface area contributed by atoms with Crippen molar-refractivity contribution in [1.29, 1.82) is 0 Å². The Labute approximate surface area is 146 Å². The molecule has 3 rings (SSSR count). The summed E-state index contributed by atoms with van der Waals surface area (Å²) in [6, 6.07) is 0.987. The van der Waals surface area contributed by atoms with Gasteiger partial charge in [-0.1, -0.05) is 12.8 Å². The summed E-state index contributed by atoms with van der Waals surface area (Å²) in [5.41, 5.74) is -1.68. The Kier molecular flexibility index (Phi) is 4.38. The molecule has 1 aliphatic carbocycles. The molecule has 0 aromatic carbocycles. The molecule has 1 saturated heterocycles. The minimum absolute atomic E-state index is 0.126. The number of anilines is 2. The van der Waals surface area contributed by atoms with E-state index >= 15 is 0 Å². The van der Waals surface area contributed by atoms with E-state index in [0.717, 1.165) is 31.7 Å². The maximum Gasteiger partial charge on any atom is 0.433 e. The molecule has 0 N–H and O–H groups in total. The monoisotopic (exact) mass is 358 g/mol. The molecule has 0 unspecified atom stereocenters. The maximum atomic E-state index is 13.3. The minimum atomic E-state index is -4.50. The van der Waals surface area contributed by atoms with Gasteiger partial charge in [0.25, 0.3) is 0 Å². The van der Waals surface area contributed by atoms with Crippen LogP contribution in [0.4, 0.5) is 24.9 Å². The van der Waals surface area contributed by atoms with Crippen molar-refractivity contribution in [3.8, 4) is 0 Å². The van der Waals surface area contributed by atoms with Crippen LogP contribution in [0, 0.1) is 0 Å². The van der Waals surface area contributed by atoms with E-state index in [1.807, 2.05) is 18.7 Å². The number of nitrogens with zero attached hydrogens (tertiary/aromatic N) is 4. The zero-order chi connectivity index (χ0) is 18.5. The fourth-order valence-electron chi connectivity index (χ4n) is 3.87. The molecule has 5 nitrogen and oxygen atoms in total. The summed E-state index contributed by atoms with van der Waals surface area (Å²) in [6.07, 6.45) is -0.499. The van der Waals surface area contributed by atoms with E-state index in [1.165, 1.54) is 0 Å². The fraction of sp³-hybridized carbons (Fsp3) is 0.765. The van der Waals surface area contributed by atoms with Crippen LogP contribution in [0.2, 0.25) is 0 Å². The van der Waals surface area contributed by atoms with Crippen LogP contribution in [-0.2, 0) is 10.9 Å². The van der Waals surface area contributed by atoms with Crippen molar-refractivity contribution in [2.75, 3.05) is 37.0 Å². The van der Waals surface area contributed by atoms with Crippen molar-refractivity contribution in [2.45, 2.75) is 56.9 Å². The van der Waals surface area contributed by atoms with Crippen LogP contribution < -0.4 is 9.80 Å². The third-order valence-corrected chi connectivity index (χ3v) is 4.79. The van der Waals surface area contributed by atoms with E-state index in [-0.39, 0.29) is 17.4 Å². The zero-order valence-electron chi connectivity index (χ0n) is 15.2. The Morgan fingerprint density at radius 3 is 2.32 bits per heavy atom. The van der Waals surface area contributed by atoms with Gasteiger partial charge in [-0.15, -0.1) is 0 Å². The summed E-state index contributed by atoms with van der Waals surface area (Å²) in [5, 5.41) is 0. The summed E-state index contributed by atoms with van der Waals surface area (Å²) in [4.78, 5) is 11.6. The van der Waals surface area contributed by atoms with E-state index in [4.69, 9.17) is 4.74 Å². The Bertz CT molecular complexity index is 639. The number of hydrogen-bond donors (Lipinski definition) is 0. The number of alkyl halides is 3. The van der Waals surface area contributed by atoms with Crippen LogP contribution >= 0.6 is 0 Å². The van der Waals surface area contributed by atoms with Gasteiger partial charge >= 0.3 is 6.18 Å². The second kappa shape index (κ2) is 6.00. The van der Waals surface area contributed by atoms with Crippen LogP contribution in [0.15, 0.2) is 6.07 Å². The lowest BCUT2D eigenvalue weighted by Crippen LogP contribution is -2.59. The molecule has 25 heavy (non-hydrogen) atoms. The molecule has 0 radical (unpaired) electrons. The van der Waals surface area contributed by atoms with Gasteiger partial charge in [-0.3, -0.25) is 0 Å². The van der Waals surface area contributed by atoms with Crippen molar-refractivity contribution in [2.24, 2.45) is 0 Å². The molecule has 1 aliphatic heterocycles. The minimum Gasteiger partial charge on any atom is -0.365 e. The van der Waals surface area contributed by atoms with Gasteiger partial charge in [0.15, 0.2) is 5.69 Å². The van der Waals surface area contributed by atoms with Crippen molar-refractivity contribution in [3.63, 3.8) is 0 Å². The van der Waals surface area contributed by atoms with Crippen LogP contribution in [0.3, 0.4) is 0 Å². The molecule has 2 fully saturated rings. The first-order valence-electron chi connectivity index (χ1n) is 8.59. The fourth-order valence-corrected chi connectivity index (χ4v) is 3.87. The Hall–Kier alpha value is -1.57. The molecular formula is C17H25F3N4O. The molecular weight excluding hydrogens is 333 g/mol. The van der Waals surface area contributed by atoms with E-state index in [9.17, 15) is 13.2 Å². The standard InChI is InChI=1S/C17H25F3N4O/c1-15(2)10-24(11-16(25-15)7-5-6-8-16)14-21-12(17(18,19)20)9-13(22-14)23(3)4/h9H,5-8,10-11H2,1-4H3. The second-order valence-electron chi connectivity index (χ2n) is 7.91. The van der Waals surface area contributed by atoms with Gasteiger partial charge in [0.05, 0.1) is 17.7 Å². The smallest absolute Gasteiger partial charge is 0.365 e. The summed E-state index contributed by atoms with van der Waals surface area (Å²) < 4.78 is 46.1. The lowest BCUT2D eigenvalue weighted by atomic mass is 9.94. The number of hydrogen-bond acceptors (Lipinski definition) is 5. The van der Waals surface area contributed by atoms with Crippen LogP contribution in [0.1, 0.15) is 45.2 Å². The number of halogens is 3. The summed E-state index contributed by atoms with van der Waals surface area (Å²) in [5.74, 6) is 0.378. The molecule has 2 heterocycles. The molecule has 1 saturated carbocycles. The van der Waals surface area contributed by atoms with Crippen molar-refractivity contribution in [3.05, 3.63) is 11.8 Å². The first-order valence-corrected chi connectivity index (χ1v) is 8.59. The first kappa shape index (κ1) is 18.2. The predicted molar refractivity (Wildman–Crippen MR) is 89.9 cm³/mol. The van der Waals surface area contributed by atoms with Gasteiger partial charge < -0.3 is 14.5 Å². The highest BCUT2D eigenvalue weighted by Gasteiger charge is 2.47. The molecule has 1 aromatic rings. The molecule has 1 aromatic heterocycles. The molecule has 0 amide bonds. The summed E-state index contributed by atoms with van der Waals surface area (Å²) in [6.45, 7) is 4.94. The highest BCUT2D eigenvalue weighted by atomic mass is 19.4. The second-order valence-corrected chi connectivity index (χ2v) is 7.91. The molecule has 0 bridgehead atoms. The Balaban J connectivity index is 2.00. The molecule has 1 spiro atoms. The number of rotatable bonds is 2. The molecule has 2 aliphatic rings. The number of aromatic nitrogens is 2. The van der Waals surface area contributed by atoms with Crippen molar-refractivity contribution >= 4 is 11.8 Å². The molecule has 0 atom stereocenters. The van der Waals surface area contributed by atoms with E-state index in [0.29, 0.717) is 13.1 Å².